The third-order valence-corrected chi connectivity index (χ3v) is 17.9. The molecule has 2 aromatic carbocycles. The fraction of sp³-hybridized carbons (Fsp3) is 0.486. The fourth-order valence-corrected chi connectivity index (χ4v) is 11.1. The zero-order valence-electron chi connectivity index (χ0n) is 60.9. The number of ketones is 1. The number of hydrogen-bond donors (Lipinski definition) is 14. The number of phenolic OH excluding ortho intramolecular Hbond substituents is 3. The standard InChI is InChI=1S/C43H58N4O12.C10H24N2O2.C8H10N2S.C6H7N3O.C5H5N3O/c1-21-12-11-13-22(2)42(55)45-33-28(20-44-47-17-15-46(9)16-18-47)37(52)30-31(38(33)53)36(51)26(6)40-32(30)41(54)43(8,59-40)57-19-14-29(56-10)23(3)39(58-27(7)48)25(5)35(50)24(4)34(21)49;1-3-9(7-13)11-5-6-12-10(4-2)8-14;1-2-7-5-6(8(9)11)3-4-10-7;7-9-6(10)5-1-3-8-4-2-5;6-5(9)4-3-7-1-2-8-4/h11-14,19-21,23-25,29,34-35,39,49-53H,15-18H2,1-10H3,(H,45,55);9-14H,3-8H2,1-2H3;3-5H,2H2,1H3,(H2,9,11);1-4H,7H2,(H,9,10);1-3H,(H2,6,9)/b12-11+,19-14+,22-13-,44-20+;;;;/t21-,23+,24+,25+,29-,34-,35+,39+,43-;9-,10-;;;/m00.../s1. The third-order valence-electron chi connectivity index (χ3n) is 17.6. The summed E-state index contributed by atoms with van der Waals surface area (Å²) >= 11 is 4.82. The number of hydrogen-bond acceptors (Lipinski definition) is 27. The Bertz CT molecular complexity index is 3710. The van der Waals surface area contributed by atoms with Gasteiger partial charge in [0.15, 0.2) is 5.75 Å². The molecule has 3 aromatic heterocycles. The molecule has 5 bridgehead atoms. The molecule has 17 N–H and O–H groups in total. The number of aliphatic hydroxyl groups excluding tert-OH is 4. The van der Waals surface area contributed by atoms with E-state index in [0.29, 0.717) is 23.6 Å². The Kier molecular flexibility index (Phi) is 35.5. The molecule has 0 unspecified atom stereocenters. The summed E-state index contributed by atoms with van der Waals surface area (Å²) in [5.41, 5.74) is 14.6. The maximum atomic E-state index is 14.4. The van der Waals surface area contributed by atoms with Crippen LogP contribution in [0.25, 0.3) is 10.8 Å². The number of nitrogen functional groups attached to an aromatic ring is 1. The van der Waals surface area contributed by atoms with E-state index < -0.39 is 94.7 Å². The number of likely N-dealkylation sites (N-methyl/N-ethyl adjacent to an activating group) is 1. The van der Waals surface area contributed by atoms with Crippen molar-refractivity contribution >= 4 is 69.4 Å². The number of aliphatic hydroxyl groups is 4. The number of nitrogens with one attached hydrogen (secondary N) is 4. The van der Waals surface area contributed by atoms with Crippen LogP contribution in [0.15, 0.2) is 103 Å². The van der Waals surface area contributed by atoms with Crippen LogP contribution in [0.5, 0.6) is 23.0 Å². The zero-order chi connectivity index (χ0) is 76.8. The minimum atomic E-state index is -2.04. The van der Waals surface area contributed by atoms with Gasteiger partial charge in [-0.3, -0.25) is 49.4 Å². The first kappa shape index (κ1) is 86.3. The second kappa shape index (κ2) is 42.4. The van der Waals surface area contributed by atoms with Gasteiger partial charge in [0.05, 0.1) is 72.4 Å². The number of nitrogens with zero attached hydrogens (tertiary/aromatic N) is 7. The van der Waals surface area contributed by atoms with Crippen molar-refractivity contribution in [3.05, 3.63) is 137 Å². The quantitative estimate of drug-likeness (QED) is 0.00697. The maximum Gasteiger partial charge on any atom is 0.312 e. The first-order valence-electron chi connectivity index (χ1n) is 33.9. The molecule has 4 aliphatic heterocycles. The number of amides is 3. The first-order chi connectivity index (χ1) is 48.9. The van der Waals surface area contributed by atoms with E-state index in [1.165, 1.54) is 90.4 Å². The van der Waals surface area contributed by atoms with Crippen molar-refractivity contribution in [3.63, 3.8) is 0 Å². The monoisotopic (exact) mass is 1450 g/mol. The average molecular weight is 1450 g/mol. The summed E-state index contributed by atoms with van der Waals surface area (Å²) < 4.78 is 23.6. The number of thiocarbonyl (C=S) groups is 1. The largest absolute Gasteiger partial charge is 0.507 e. The number of rotatable bonds is 17. The number of hydrazine groups is 1. The van der Waals surface area contributed by atoms with Crippen molar-refractivity contribution < 1.29 is 78.7 Å². The molecule has 5 aromatic rings. The number of Topliss-reactive ketones (excluding diaryl/α,β-unsaturated/α-hetero) is 1. The van der Waals surface area contributed by atoms with Crippen LogP contribution in [0, 0.1) is 30.6 Å². The van der Waals surface area contributed by atoms with Crippen LogP contribution in [0.2, 0.25) is 0 Å². The summed E-state index contributed by atoms with van der Waals surface area (Å²) in [4.78, 5) is 79.3. The number of carbonyl (C=O) groups is 5. The van der Waals surface area contributed by atoms with E-state index in [9.17, 15) is 49.5 Å². The second-order valence-corrected chi connectivity index (χ2v) is 25.5. The van der Waals surface area contributed by atoms with Gasteiger partial charge < -0.3 is 87.0 Å². The molecule has 103 heavy (non-hydrogen) atoms. The molecule has 564 valence electrons. The Morgan fingerprint density at radius 3 is 1.98 bits per heavy atom. The van der Waals surface area contributed by atoms with Gasteiger partial charge in [-0.25, -0.2) is 10.8 Å². The normalized spacial score (nSPS) is 23.1. The van der Waals surface area contributed by atoms with Crippen LogP contribution < -0.4 is 43.4 Å². The number of aryl methyl sites for hydroxylation is 1. The van der Waals surface area contributed by atoms with Crippen LogP contribution >= 0.6 is 12.2 Å². The molecule has 0 aliphatic carbocycles. The minimum absolute atomic E-state index is 0.0559. The van der Waals surface area contributed by atoms with Gasteiger partial charge in [0.2, 0.25) is 0 Å². The number of piperazine rings is 1. The Labute approximate surface area is 606 Å². The molecule has 4 aliphatic rings. The van der Waals surface area contributed by atoms with Gasteiger partial charge in [0, 0.05) is 160 Å². The summed E-state index contributed by atoms with van der Waals surface area (Å²) in [6.45, 7) is 23.3. The Morgan fingerprint density at radius 1 is 0.835 bits per heavy atom. The van der Waals surface area contributed by atoms with Gasteiger partial charge in [-0.1, -0.05) is 78.9 Å². The zero-order valence-corrected chi connectivity index (χ0v) is 61.7. The van der Waals surface area contributed by atoms with Crippen molar-refractivity contribution in [2.24, 2.45) is 46.1 Å². The fourth-order valence-electron chi connectivity index (χ4n) is 11.0. The summed E-state index contributed by atoms with van der Waals surface area (Å²) in [5, 5.41) is 91.1. The third kappa shape index (κ3) is 24.5. The van der Waals surface area contributed by atoms with E-state index in [2.05, 4.69) is 45.9 Å². The molecule has 30 nitrogen and oxygen atoms in total. The van der Waals surface area contributed by atoms with Crippen LogP contribution in [-0.4, -0.2) is 215 Å². The lowest BCUT2D eigenvalue weighted by molar-refractivity contribution is -0.160. The van der Waals surface area contributed by atoms with Crippen LogP contribution in [0.1, 0.15) is 136 Å². The van der Waals surface area contributed by atoms with Gasteiger partial charge >= 0.3 is 11.8 Å². The van der Waals surface area contributed by atoms with E-state index in [1.54, 1.807) is 63.2 Å². The maximum absolute atomic E-state index is 14.4. The Morgan fingerprint density at radius 2 is 1.46 bits per heavy atom. The van der Waals surface area contributed by atoms with E-state index in [-0.39, 0.29) is 81.4 Å². The molecule has 1 fully saturated rings. The highest BCUT2D eigenvalue weighted by Gasteiger charge is 2.50. The molecule has 0 saturated carbocycles. The number of fused-ring (bicyclic) bond motifs is 14. The van der Waals surface area contributed by atoms with Crippen LogP contribution in [0.4, 0.5) is 5.69 Å². The minimum Gasteiger partial charge on any atom is -0.507 e. The van der Waals surface area contributed by atoms with Crippen molar-refractivity contribution in [1.82, 2.24) is 45.9 Å². The van der Waals surface area contributed by atoms with Crippen molar-refractivity contribution in [1.29, 1.82) is 0 Å². The SMILES string of the molecule is CC[C@@H](CO)NCCN[C@@H](CC)CO.CCc1cc(C(N)=S)ccn1.CO[C@H]1/C=C/O[C@@]2(C)Oc3c(C)c(O)c4c(O)c(c(/C=N/N5CCN(C)CC5)c(O)c4c3C2=O)NC(=O)/C(C)=C\C=C\[C@H](C)[C@H](O)[C@@H](C)[C@@H](O)[C@@H](C)[C@H](OC(C)=O)[C@@H]1C.NC(=O)c1cnccn1.NNC(=O)c1ccncc1. The van der Waals surface area contributed by atoms with E-state index in [1.807, 2.05) is 45.4 Å². The highest BCUT2D eigenvalue weighted by atomic mass is 32.1. The smallest absolute Gasteiger partial charge is 0.312 e. The Balaban J connectivity index is 0.000000403. The van der Waals surface area contributed by atoms with Crippen molar-refractivity contribution in [2.75, 3.05) is 72.0 Å². The van der Waals surface area contributed by atoms with E-state index in [4.69, 9.17) is 58.7 Å². The summed E-state index contributed by atoms with van der Waals surface area (Å²) in [7, 11) is 3.42. The van der Waals surface area contributed by atoms with Crippen molar-refractivity contribution in [2.45, 2.75) is 138 Å². The number of aromatic hydroxyl groups is 3. The molecular formula is C72H104N14O16S. The number of allylic oxidation sites excluding steroid dienone is 2. The Hall–Kier alpha value is -9.15. The second-order valence-electron chi connectivity index (χ2n) is 25.0. The molecule has 11 atom stereocenters. The molecule has 1 saturated heterocycles. The first-order valence-corrected chi connectivity index (χ1v) is 34.3. The molecule has 9 rings (SSSR count). The molecule has 3 amide bonds. The number of anilines is 1. The number of methoxy groups -OCH3 is 1. The number of benzene rings is 2. The number of phenols is 3. The average Bonchev–Trinajstić information content (AvgIpc) is 1.62. The van der Waals surface area contributed by atoms with E-state index in [0.717, 1.165) is 56.7 Å². The summed E-state index contributed by atoms with van der Waals surface area (Å²) in [6.07, 6.45) is 16.7. The number of carbonyl (C=O) groups excluding carboxylic acids is 5. The van der Waals surface area contributed by atoms with Gasteiger partial charge in [0.1, 0.15) is 34.0 Å². The van der Waals surface area contributed by atoms with Crippen molar-refractivity contribution in [3.8, 4) is 23.0 Å². The van der Waals surface area contributed by atoms with Gasteiger partial charge in [0.25, 0.3) is 23.5 Å². The number of esters is 1. The highest BCUT2D eigenvalue weighted by molar-refractivity contribution is 7.80. The number of primary amides is 1. The summed E-state index contributed by atoms with van der Waals surface area (Å²) in [5.74, 6) is -4.31. The highest BCUT2D eigenvalue weighted by Crippen LogP contribution is 2.55. The lowest BCUT2D eigenvalue weighted by Crippen LogP contribution is -2.46. The van der Waals surface area contributed by atoms with Crippen LogP contribution in [-0.2, 0) is 30.2 Å². The molecule has 0 radical (unpaired) electrons. The number of pyridine rings is 2. The number of aromatic nitrogens is 4. The van der Waals surface area contributed by atoms with E-state index >= 15 is 0 Å². The predicted molar refractivity (Wildman–Crippen MR) is 395 cm³/mol. The number of nitrogens with two attached hydrogens (primary N) is 3. The van der Waals surface area contributed by atoms with Gasteiger partial charge in [-0.15, -0.1) is 0 Å². The van der Waals surface area contributed by atoms with Gasteiger partial charge in [-0.05, 0) is 70.5 Å². The number of ether oxygens (including phenoxy) is 4. The molecular weight excluding hydrogens is 1350 g/mol. The molecule has 0 spiro atoms. The number of hydrazone groups is 1. The van der Waals surface area contributed by atoms with Crippen LogP contribution in [0.3, 0.4) is 0 Å². The predicted octanol–water partition coefficient (Wildman–Crippen LogP) is 4.58. The lowest BCUT2D eigenvalue weighted by atomic mass is 9.78. The molecule has 31 heteroatoms. The lowest BCUT2D eigenvalue weighted by Gasteiger charge is -2.38. The summed E-state index contributed by atoms with van der Waals surface area (Å²) in [6, 6.07) is 7.31. The van der Waals surface area contributed by atoms with Gasteiger partial charge in [-0.2, -0.15) is 5.10 Å². The molecule has 7 heterocycles. The topological polar surface area (TPSA) is 460 Å².